The zero-order chi connectivity index (χ0) is 13.5. The molecule has 3 nitrogen and oxygen atoms in total. The first-order chi connectivity index (χ1) is 9.35. The van der Waals surface area contributed by atoms with Crippen molar-refractivity contribution >= 4 is 0 Å². The van der Waals surface area contributed by atoms with Gasteiger partial charge >= 0.3 is 0 Å². The largest absolute Gasteiger partial charge is 0.494 e. The lowest BCUT2D eigenvalue weighted by atomic mass is 9.87. The summed E-state index contributed by atoms with van der Waals surface area (Å²) < 4.78 is 10.8. The summed E-state index contributed by atoms with van der Waals surface area (Å²) in [6, 6.07) is 7.06. The second-order valence-corrected chi connectivity index (χ2v) is 5.14. The van der Waals surface area contributed by atoms with Crippen molar-refractivity contribution < 1.29 is 9.47 Å². The molecule has 1 N–H and O–H groups in total. The fraction of sp³-hybridized carbons (Fsp3) is 0.625. The smallest absolute Gasteiger partial charge is 0.119 e. The van der Waals surface area contributed by atoms with Gasteiger partial charge in [0.05, 0.1) is 6.61 Å². The summed E-state index contributed by atoms with van der Waals surface area (Å²) in [7, 11) is 3.78. The average Bonchev–Trinajstić information content (AvgIpc) is 2.46. The molecule has 1 aromatic rings. The van der Waals surface area contributed by atoms with Crippen molar-refractivity contribution in [2.75, 3.05) is 27.4 Å². The van der Waals surface area contributed by atoms with Crippen LogP contribution in [0.3, 0.4) is 0 Å². The van der Waals surface area contributed by atoms with Crippen LogP contribution < -0.4 is 10.1 Å². The molecule has 1 unspecified atom stereocenters. The minimum atomic E-state index is 0.513. The number of hydrogen-bond acceptors (Lipinski definition) is 3. The van der Waals surface area contributed by atoms with Crippen molar-refractivity contribution in [1.82, 2.24) is 5.32 Å². The van der Waals surface area contributed by atoms with E-state index >= 15 is 0 Å². The number of aryl methyl sites for hydroxylation is 1. The molecule has 0 aromatic heterocycles. The highest BCUT2D eigenvalue weighted by molar-refractivity contribution is 5.39. The van der Waals surface area contributed by atoms with Crippen LogP contribution in [-0.2, 0) is 11.2 Å². The van der Waals surface area contributed by atoms with E-state index in [0.29, 0.717) is 6.04 Å². The predicted molar refractivity (Wildman–Crippen MR) is 77.8 cm³/mol. The minimum Gasteiger partial charge on any atom is -0.494 e. The van der Waals surface area contributed by atoms with Crippen molar-refractivity contribution in [2.24, 2.45) is 0 Å². The Morgan fingerprint density at radius 3 is 2.89 bits per heavy atom. The molecule has 0 saturated carbocycles. The number of ether oxygens (including phenoxy) is 2. The first kappa shape index (κ1) is 14.4. The number of benzene rings is 1. The molecule has 19 heavy (non-hydrogen) atoms. The molecule has 2 rings (SSSR count). The van der Waals surface area contributed by atoms with Gasteiger partial charge in [-0.05, 0) is 62.4 Å². The normalized spacial score (nSPS) is 18.1. The Labute approximate surface area is 116 Å². The molecule has 0 fully saturated rings. The maximum absolute atomic E-state index is 5.81. The molecule has 0 saturated heterocycles. The Kier molecular flexibility index (Phi) is 5.67. The molecular weight excluding hydrogens is 238 g/mol. The van der Waals surface area contributed by atoms with E-state index in [1.54, 1.807) is 7.11 Å². The van der Waals surface area contributed by atoms with Gasteiger partial charge in [0.25, 0.3) is 0 Å². The highest BCUT2D eigenvalue weighted by Gasteiger charge is 2.18. The molecule has 106 valence electrons. The summed E-state index contributed by atoms with van der Waals surface area (Å²) in [4.78, 5) is 0. The lowest BCUT2D eigenvalue weighted by molar-refractivity contribution is 0.184. The third-order valence-corrected chi connectivity index (χ3v) is 3.79. The van der Waals surface area contributed by atoms with Crippen molar-refractivity contribution in [3.05, 3.63) is 29.3 Å². The van der Waals surface area contributed by atoms with Crippen LogP contribution in [0.2, 0.25) is 0 Å². The van der Waals surface area contributed by atoms with Gasteiger partial charge in [-0.25, -0.2) is 0 Å². The van der Waals surface area contributed by atoms with Crippen LogP contribution in [-0.4, -0.2) is 27.4 Å². The first-order valence-electron chi connectivity index (χ1n) is 7.27. The summed E-state index contributed by atoms with van der Waals surface area (Å²) in [5.41, 5.74) is 2.89. The molecule has 1 atom stereocenters. The third kappa shape index (κ3) is 3.95. The molecule has 1 aromatic carbocycles. The van der Waals surface area contributed by atoms with Crippen LogP contribution in [0.15, 0.2) is 18.2 Å². The Hall–Kier alpha value is -1.06. The summed E-state index contributed by atoms with van der Waals surface area (Å²) in [6.45, 7) is 1.59. The van der Waals surface area contributed by atoms with Crippen LogP contribution in [0.25, 0.3) is 0 Å². The van der Waals surface area contributed by atoms with Gasteiger partial charge < -0.3 is 14.8 Å². The van der Waals surface area contributed by atoms with E-state index in [-0.39, 0.29) is 0 Å². The standard InChI is InChI=1S/C16H25NO2/c1-17-16-7-5-6-13-12-14(8-9-15(13)16)19-11-4-3-10-18-2/h8-9,12,16-17H,3-7,10-11H2,1-2H3. The van der Waals surface area contributed by atoms with Crippen molar-refractivity contribution in [2.45, 2.75) is 38.1 Å². The molecule has 0 spiro atoms. The highest BCUT2D eigenvalue weighted by atomic mass is 16.5. The van der Waals surface area contributed by atoms with Crippen molar-refractivity contribution in [3.8, 4) is 5.75 Å². The second-order valence-electron chi connectivity index (χ2n) is 5.14. The topological polar surface area (TPSA) is 30.5 Å². The van der Waals surface area contributed by atoms with Gasteiger partial charge in [0.15, 0.2) is 0 Å². The van der Waals surface area contributed by atoms with Gasteiger partial charge in [-0.3, -0.25) is 0 Å². The maximum Gasteiger partial charge on any atom is 0.119 e. The van der Waals surface area contributed by atoms with Crippen LogP contribution in [0.5, 0.6) is 5.75 Å². The van der Waals surface area contributed by atoms with E-state index in [1.807, 2.05) is 7.05 Å². The highest BCUT2D eigenvalue weighted by Crippen LogP contribution is 2.31. The molecule has 0 aliphatic heterocycles. The Bertz CT molecular complexity index is 392. The molecule has 3 heteroatoms. The average molecular weight is 263 g/mol. The quantitative estimate of drug-likeness (QED) is 0.767. The monoisotopic (exact) mass is 263 g/mol. The van der Waals surface area contributed by atoms with Gasteiger partial charge in [-0.15, -0.1) is 0 Å². The van der Waals surface area contributed by atoms with E-state index in [1.165, 1.54) is 30.4 Å². The molecule has 1 aliphatic carbocycles. The fourth-order valence-electron chi connectivity index (χ4n) is 2.72. The predicted octanol–water partition coefficient (Wildman–Crippen LogP) is 3.09. The summed E-state index contributed by atoms with van der Waals surface area (Å²) in [5, 5.41) is 3.39. The summed E-state index contributed by atoms with van der Waals surface area (Å²) in [6.07, 6.45) is 5.78. The first-order valence-corrected chi connectivity index (χ1v) is 7.27. The SMILES string of the molecule is CNC1CCCc2cc(OCCCCOC)ccc21. The van der Waals surface area contributed by atoms with Gasteiger partial charge in [-0.2, -0.15) is 0 Å². The number of fused-ring (bicyclic) bond motifs is 1. The Morgan fingerprint density at radius 2 is 2.11 bits per heavy atom. The summed E-state index contributed by atoms with van der Waals surface area (Å²) >= 11 is 0. The molecule has 0 bridgehead atoms. The minimum absolute atomic E-state index is 0.513. The van der Waals surface area contributed by atoms with Gasteiger partial charge in [-0.1, -0.05) is 6.07 Å². The number of unbranched alkanes of at least 4 members (excludes halogenated alkanes) is 1. The zero-order valence-electron chi connectivity index (χ0n) is 12.1. The van der Waals surface area contributed by atoms with E-state index in [2.05, 4.69) is 23.5 Å². The fourth-order valence-corrected chi connectivity index (χ4v) is 2.72. The van der Waals surface area contributed by atoms with Crippen LogP contribution in [0.1, 0.15) is 42.9 Å². The van der Waals surface area contributed by atoms with E-state index in [9.17, 15) is 0 Å². The van der Waals surface area contributed by atoms with Crippen molar-refractivity contribution in [1.29, 1.82) is 0 Å². The lowest BCUT2D eigenvalue weighted by Gasteiger charge is -2.25. The third-order valence-electron chi connectivity index (χ3n) is 3.79. The van der Waals surface area contributed by atoms with E-state index in [0.717, 1.165) is 31.8 Å². The number of rotatable bonds is 7. The number of hydrogen-bond donors (Lipinski definition) is 1. The second kappa shape index (κ2) is 7.51. The lowest BCUT2D eigenvalue weighted by Crippen LogP contribution is -2.21. The maximum atomic E-state index is 5.81. The van der Waals surface area contributed by atoms with E-state index in [4.69, 9.17) is 9.47 Å². The molecular formula is C16H25NO2. The van der Waals surface area contributed by atoms with Gasteiger partial charge in [0, 0.05) is 19.8 Å². The van der Waals surface area contributed by atoms with Crippen LogP contribution >= 0.6 is 0 Å². The van der Waals surface area contributed by atoms with Crippen LogP contribution in [0.4, 0.5) is 0 Å². The molecule has 1 aliphatic rings. The summed E-state index contributed by atoms with van der Waals surface area (Å²) in [5.74, 6) is 1.01. The number of methoxy groups -OCH3 is 1. The zero-order valence-corrected chi connectivity index (χ0v) is 12.1. The molecule has 0 amide bonds. The van der Waals surface area contributed by atoms with E-state index < -0.39 is 0 Å². The van der Waals surface area contributed by atoms with Crippen molar-refractivity contribution in [3.63, 3.8) is 0 Å². The van der Waals surface area contributed by atoms with Gasteiger partial charge in [0.1, 0.15) is 5.75 Å². The molecule has 0 heterocycles. The molecule has 0 radical (unpaired) electrons. The Morgan fingerprint density at radius 1 is 1.26 bits per heavy atom. The van der Waals surface area contributed by atoms with Gasteiger partial charge in [0.2, 0.25) is 0 Å². The Balaban J connectivity index is 1.89. The van der Waals surface area contributed by atoms with Crippen LogP contribution in [0, 0.1) is 0 Å². The number of nitrogens with one attached hydrogen (secondary N) is 1.